The molecule has 0 saturated carbocycles. The van der Waals surface area contributed by atoms with Crippen LogP contribution in [-0.4, -0.2) is 28.2 Å². The van der Waals surface area contributed by atoms with E-state index in [9.17, 15) is 9.18 Å². The first kappa shape index (κ1) is 16.1. The van der Waals surface area contributed by atoms with Gasteiger partial charge >= 0.3 is 6.03 Å². The van der Waals surface area contributed by atoms with Crippen LogP contribution in [0.4, 0.5) is 14.3 Å². The molecule has 2 amide bonds. The second-order valence-electron chi connectivity index (χ2n) is 5.17. The van der Waals surface area contributed by atoms with E-state index in [1.807, 2.05) is 6.07 Å². The van der Waals surface area contributed by atoms with Crippen LogP contribution in [0.5, 0.6) is 0 Å². The summed E-state index contributed by atoms with van der Waals surface area (Å²) in [5.41, 5.74) is 0.805. The number of halogens is 1. The van der Waals surface area contributed by atoms with E-state index >= 15 is 0 Å². The van der Waals surface area contributed by atoms with Crippen LogP contribution >= 0.6 is 11.3 Å². The zero-order valence-corrected chi connectivity index (χ0v) is 13.7. The Bertz CT molecular complexity index is 819. The SMILES string of the molecule is CN(Cc1ccco1)C(=O)Nc1nnc(Cc2cccc(F)c2)s1. The van der Waals surface area contributed by atoms with E-state index in [1.165, 1.54) is 28.4 Å². The highest BCUT2D eigenvalue weighted by Crippen LogP contribution is 2.19. The summed E-state index contributed by atoms with van der Waals surface area (Å²) >= 11 is 1.26. The smallest absolute Gasteiger partial charge is 0.323 e. The van der Waals surface area contributed by atoms with Gasteiger partial charge in [-0.05, 0) is 29.8 Å². The largest absolute Gasteiger partial charge is 0.467 e. The summed E-state index contributed by atoms with van der Waals surface area (Å²) < 4.78 is 18.4. The molecule has 24 heavy (non-hydrogen) atoms. The van der Waals surface area contributed by atoms with E-state index in [0.29, 0.717) is 28.9 Å². The van der Waals surface area contributed by atoms with Gasteiger partial charge in [0, 0.05) is 13.5 Å². The van der Waals surface area contributed by atoms with Gasteiger partial charge in [-0.25, -0.2) is 9.18 Å². The number of hydrogen-bond acceptors (Lipinski definition) is 5. The zero-order valence-electron chi connectivity index (χ0n) is 12.9. The number of carbonyl (C=O) groups excluding carboxylic acids is 1. The van der Waals surface area contributed by atoms with Crippen LogP contribution < -0.4 is 5.32 Å². The molecule has 0 radical (unpaired) electrons. The summed E-state index contributed by atoms with van der Waals surface area (Å²) in [6.07, 6.45) is 2.03. The van der Waals surface area contributed by atoms with Crippen molar-refractivity contribution >= 4 is 22.5 Å². The Balaban J connectivity index is 1.58. The van der Waals surface area contributed by atoms with Crippen molar-refractivity contribution in [3.63, 3.8) is 0 Å². The van der Waals surface area contributed by atoms with Crippen molar-refractivity contribution in [1.29, 1.82) is 0 Å². The lowest BCUT2D eigenvalue weighted by Gasteiger charge is -2.14. The number of rotatable bonds is 5. The highest BCUT2D eigenvalue weighted by atomic mass is 32.1. The summed E-state index contributed by atoms with van der Waals surface area (Å²) in [6.45, 7) is 0.355. The maximum absolute atomic E-state index is 13.2. The molecule has 1 aromatic carbocycles. The third-order valence-corrected chi connectivity index (χ3v) is 4.08. The number of nitrogens with one attached hydrogen (secondary N) is 1. The van der Waals surface area contributed by atoms with Crippen molar-refractivity contribution in [3.8, 4) is 0 Å². The van der Waals surface area contributed by atoms with E-state index in [-0.39, 0.29) is 11.8 Å². The van der Waals surface area contributed by atoms with Crippen molar-refractivity contribution in [2.45, 2.75) is 13.0 Å². The van der Waals surface area contributed by atoms with Crippen molar-refractivity contribution in [1.82, 2.24) is 15.1 Å². The van der Waals surface area contributed by atoms with Crippen molar-refractivity contribution in [2.75, 3.05) is 12.4 Å². The molecule has 0 fully saturated rings. The lowest BCUT2D eigenvalue weighted by Crippen LogP contribution is -2.30. The van der Waals surface area contributed by atoms with Crippen LogP contribution in [0.1, 0.15) is 16.3 Å². The molecule has 6 nitrogen and oxygen atoms in total. The average Bonchev–Trinajstić information content (AvgIpc) is 3.19. The van der Waals surface area contributed by atoms with E-state index in [1.54, 1.807) is 31.5 Å². The fourth-order valence-electron chi connectivity index (χ4n) is 2.09. The summed E-state index contributed by atoms with van der Waals surface area (Å²) in [5.74, 6) is 0.404. The number of carbonyl (C=O) groups is 1. The molecule has 124 valence electrons. The molecular formula is C16H15FN4O2S. The molecule has 0 bridgehead atoms. The molecule has 0 aliphatic heterocycles. The first-order valence-electron chi connectivity index (χ1n) is 7.21. The zero-order chi connectivity index (χ0) is 16.9. The second kappa shape index (κ2) is 7.22. The summed E-state index contributed by atoms with van der Waals surface area (Å²) in [6, 6.07) is 9.58. The number of urea groups is 1. The van der Waals surface area contributed by atoms with Crippen LogP contribution in [0.3, 0.4) is 0 Å². The molecule has 3 aromatic rings. The maximum atomic E-state index is 13.2. The highest BCUT2D eigenvalue weighted by Gasteiger charge is 2.13. The van der Waals surface area contributed by atoms with Crippen molar-refractivity contribution < 1.29 is 13.6 Å². The molecule has 0 atom stereocenters. The summed E-state index contributed by atoms with van der Waals surface area (Å²) in [5, 5.41) is 11.8. The molecular weight excluding hydrogens is 331 g/mol. The molecule has 8 heteroatoms. The number of furan rings is 1. The predicted molar refractivity (Wildman–Crippen MR) is 88.3 cm³/mol. The molecule has 3 rings (SSSR count). The second-order valence-corrected chi connectivity index (χ2v) is 6.24. The Kier molecular flexibility index (Phi) is 4.85. The van der Waals surface area contributed by atoms with Gasteiger partial charge in [0.1, 0.15) is 16.6 Å². The Labute approximate surface area is 141 Å². The molecule has 0 unspecified atom stereocenters. The number of benzene rings is 1. The standard InChI is InChI=1S/C16H15FN4O2S/c1-21(10-13-6-3-7-23-13)16(22)18-15-20-19-14(24-15)9-11-4-2-5-12(17)8-11/h2-8H,9-10H2,1H3,(H,18,20,22). The Hall–Kier alpha value is -2.74. The van der Waals surface area contributed by atoms with Gasteiger partial charge in [-0.1, -0.05) is 23.5 Å². The fourth-order valence-corrected chi connectivity index (χ4v) is 2.86. The number of hydrogen-bond donors (Lipinski definition) is 1. The normalized spacial score (nSPS) is 10.6. The Morgan fingerprint density at radius 3 is 2.96 bits per heavy atom. The van der Waals surface area contributed by atoms with Gasteiger partial charge in [0.25, 0.3) is 0 Å². The van der Waals surface area contributed by atoms with E-state index in [2.05, 4.69) is 15.5 Å². The fraction of sp³-hybridized carbons (Fsp3) is 0.188. The molecule has 1 N–H and O–H groups in total. The van der Waals surface area contributed by atoms with Crippen LogP contribution in [0.15, 0.2) is 47.1 Å². The van der Waals surface area contributed by atoms with E-state index in [4.69, 9.17) is 4.42 Å². The van der Waals surface area contributed by atoms with Crippen LogP contribution in [0.25, 0.3) is 0 Å². The quantitative estimate of drug-likeness (QED) is 0.767. The molecule has 0 spiro atoms. The molecule has 2 heterocycles. The van der Waals surface area contributed by atoms with Crippen molar-refractivity contribution in [2.24, 2.45) is 0 Å². The van der Waals surface area contributed by atoms with Gasteiger partial charge in [0.2, 0.25) is 5.13 Å². The Morgan fingerprint density at radius 1 is 1.33 bits per heavy atom. The van der Waals surface area contributed by atoms with Gasteiger partial charge in [0.15, 0.2) is 0 Å². The van der Waals surface area contributed by atoms with Crippen LogP contribution in [0.2, 0.25) is 0 Å². The molecule has 0 aliphatic rings. The molecule has 0 aliphatic carbocycles. The molecule has 2 aromatic heterocycles. The highest BCUT2D eigenvalue weighted by molar-refractivity contribution is 7.15. The van der Waals surface area contributed by atoms with E-state index in [0.717, 1.165) is 5.56 Å². The van der Waals surface area contributed by atoms with Crippen LogP contribution in [0, 0.1) is 5.82 Å². The summed E-state index contributed by atoms with van der Waals surface area (Å²) in [7, 11) is 1.66. The van der Waals surface area contributed by atoms with Crippen molar-refractivity contribution in [3.05, 3.63) is 64.8 Å². The topological polar surface area (TPSA) is 71.3 Å². The lowest BCUT2D eigenvalue weighted by molar-refractivity contribution is 0.216. The number of nitrogens with zero attached hydrogens (tertiary/aromatic N) is 3. The van der Waals surface area contributed by atoms with Gasteiger partial charge in [-0.3, -0.25) is 5.32 Å². The minimum absolute atomic E-state index is 0.287. The number of aromatic nitrogens is 2. The maximum Gasteiger partial charge on any atom is 0.323 e. The third kappa shape index (κ3) is 4.17. The van der Waals surface area contributed by atoms with Gasteiger partial charge in [0.05, 0.1) is 12.8 Å². The number of amides is 2. The van der Waals surface area contributed by atoms with Gasteiger partial charge in [-0.15, -0.1) is 10.2 Å². The first-order valence-corrected chi connectivity index (χ1v) is 8.03. The minimum Gasteiger partial charge on any atom is -0.467 e. The lowest BCUT2D eigenvalue weighted by atomic mass is 10.1. The monoisotopic (exact) mass is 346 g/mol. The first-order chi connectivity index (χ1) is 11.6. The minimum atomic E-state index is -0.306. The van der Waals surface area contributed by atoms with Gasteiger partial charge < -0.3 is 9.32 Å². The third-order valence-electron chi connectivity index (χ3n) is 3.24. The molecule has 0 saturated heterocycles. The van der Waals surface area contributed by atoms with Crippen LogP contribution in [-0.2, 0) is 13.0 Å². The number of anilines is 1. The summed E-state index contributed by atoms with van der Waals surface area (Å²) in [4.78, 5) is 13.6. The Morgan fingerprint density at radius 2 is 2.21 bits per heavy atom. The van der Waals surface area contributed by atoms with Gasteiger partial charge in [-0.2, -0.15) is 0 Å². The average molecular weight is 346 g/mol. The van der Waals surface area contributed by atoms with E-state index < -0.39 is 0 Å². The predicted octanol–water partition coefficient (Wildman–Crippen LogP) is 3.52.